The summed E-state index contributed by atoms with van der Waals surface area (Å²) in [4.78, 5) is 0. The summed E-state index contributed by atoms with van der Waals surface area (Å²) in [5, 5.41) is 2.77. The van der Waals surface area contributed by atoms with Crippen molar-refractivity contribution in [3.05, 3.63) is 125 Å². The summed E-state index contributed by atoms with van der Waals surface area (Å²) in [5.41, 5.74) is 16.8. The van der Waals surface area contributed by atoms with E-state index in [2.05, 4.69) is 169 Å². The minimum Gasteiger partial charge on any atom is -0.219 e. The molecule has 2 aromatic heterocycles. The van der Waals surface area contributed by atoms with Gasteiger partial charge in [0.05, 0.1) is 5.56 Å². The van der Waals surface area contributed by atoms with Crippen LogP contribution in [0.5, 0.6) is 0 Å². The highest BCUT2D eigenvalue weighted by Crippen LogP contribution is 2.46. The van der Waals surface area contributed by atoms with E-state index in [-0.39, 0.29) is 5.41 Å². The van der Waals surface area contributed by atoms with Gasteiger partial charge < -0.3 is 0 Å². The van der Waals surface area contributed by atoms with Crippen molar-refractivity contribution in [1.29, 1.82) is 0 Å². The van der Waals surface area contributed by atoms with E-state index in [9.17, 15) is 0 Å². The van der Waals surface area contributed by atoms with Crippen molar-refractivity contribution in [2.75, 3.05) is 0 Å². The van der Waals surface area contributed by atoms with Gasteiger partial charge in [0.2, 0.25) is 0 Å². The molecule has 0 bridgehead atoms. The summed E-state index contributed by atoms with van der Waals surface area (Å²) in [6.07, 6.45) is 4.34. The molecule has 0 fully saturated rings. The molecule has 5 aromatic carbocycles. The Balaban J connectivity index is 1.52. The molecular weight excluding hydrogens is 661 g/mol. The first-order chi connectivity index (χ1) is 25.5. The van der Waals surface area contributed by atoms with Crippen LogP contribution in [0, 0.1) is 5.41 Å². The predicted molar refractivity (Wildman–Crippen MR) is 231 cm³/mol. The molecule has 1 aliphatic heterocycles. The van der Waals surface area contributed by atoms with Gasteiger partial charge in [-0.2, -0.15) is 4.57 Å². The Bertz CT molecular complexity index is 2500. The van der Waals surface area contributed by atoms with Gasteiger partial charge in [-0.05, 0) is 118 Å². The molecule has 7 aromatic rings. The topological polar surface area (TPSA) is 8.81 Å². The molecule has 2 nitrogen and oxygen atoms in total. The Morgan fingerprint density at radius 1 is 0.717 bits per heavy atom. The lowest BCUT2D eigenvalue weighted by Gasteiger charge is -2.21. The molecule has 0 spiro atoms. The van der Waals surface area contributed by atoms with E-state index in [1.165, 1.54) is 87.2 Å². The van der Waals surface area contributed by atoms with Gasteiger partial charge in [0, 0.05) is 31.3 Å². The maximum atomic E-state index is 2.68. The lowest BCUT2D eigenvalue weighted by atomic mass is 9.87. The number of para-hydroxylation sites is 2. The molecule has 270 valence electrons. The predicted octanol–water partition coefficient (Wildman–Crippen LogP) is 14.4. The van der Waals surface area contributed by atoms with E-state index in [0.29, 0.717) is 11.8 Å². The highest BCUT2D eigenvalue weighted by molar-refractivity contribution is 7.25. The van der Waals surface area contributed by atoms with Crippen LogP contribution in [0.3, 0.4) is 0 Å². The van der Waals surface area contributed by atoms with Crippen molar-refractivity contribution in [2.24, 2.45) is 5.41 Å². The number of aromatic nitrogens is 2. The first-order valence-electron chi connectivity index (χ1n) is 19.9. The fraction of sp³-hybridized carbons (Fsp3) is 0.340. The van der Waals surface area contributed by atoms with E-state index in [1.54, 1.807) is 5.57 Å². The average molecular weight is 716 g/mol. The van der Waals surface area contributed by atoms with Crippen molar-refractivity contribution in [3.63, 3.8) is 0 Å². The van der Waals surface area contributed by atoms with Gasteiger partial charge in [-0.3, -0.25) is 0 Å². The molecule has 0 unspecified atom stereocenters. The highest BCUT2D eigenvalue weighted by Gasteiger charge is 2.36. The lowest BCUT2D eigenvalue weighted by Crippen LogP contribution is -2.36. The van der Waals surface area contributed by atoms with E-state index >= 15 is 0 Å². The summed E-state index contributed by atoms with van der Waals surface area (Å²) in [5.74, 6) is 1.98. The van der Waals surface area contributed by atoms with E-state index in [0.717, 1.165) is 32.2 Å². The number of hydrogen-bond acceptors (Lipinski definition) is 1. The van der Waals surface area contributed by atoms with E-state index < -0.39 is 0 Å². The monoisotopic (exact) mass is 715 g/mol. The van der Waals surface area contributed by atoms with Crippen LogP contribution in [0.2, 0.25) is 0 Å². The minimum absolute atomic E-state index is 0.234. The van der Waals surface area contributed by atoms with Crippen LogP contribution >= 0.6 is 11.3 Å². The number of imidazole rings is 1. The average Bonchev–Trinajstić information content (AvgIpc) is 3.60. The van der Waals surface area contributed by atoms with Crippen LogP contribution in [0.4, 0.5) is 0 Å². The Kier molecular flexibility index (Phi) is 9.22. The molecular formula is C50H55N2S+. The number of thiophene rings is 1. The summed E-state index contributed by atoms with van der Waals surface area (Å²) < 4.78 is 8.12. The molecule has 3 heterocycles. The van der Waals surface area contributed by atoms with Crippen LogP contribution in [0.1, 0.15) is 116 Å². The number of allylic oxidation sites excluding steroid dienone is 2. The second-order valence-corrected chi connectivity index (χ2v) is 18.2. The quantitative estimate of drug-likeness (QED) is 0.139. The zero-order valence-corrected chi connectivity index (χ0v) is 34.0. The van der Waals surface area contributed by atoms with E-state index in [1.807, 2.05) is 11.3 Å². The molecule has 3 heteroatoms. The summed E-state index contributed by atoms with van der Waals surface area (Å²) >= 11 is 1.96. The normalized spacial score (nSPS) is 13.5. The molecule has 0 saturated carbocycles. The first kappa shape index (κ1) is 35.6. The molecule has 0 radical (unpaired) electrons. The zero-order chi connectivity index (χ0) is 37.2. The summed E-state index contributed by atoms with van der Waals surface area (Å²) in [6.45, 7) is 22.1. The van der Waals surface area contributed by atoms with Crippen LogP contribution in [-0.4, -0.2) is 4.57 Å². The second kappa shape index (κ2) is 13.7. The van der Waals surface area contributed by atoms with Gasteiger partial charge in [0.1, 0.15) is 12.2 Å². The fourth-order valence-corrected chi connectivity index (χ4v) is 10.1. The molecule has 0 atom stereocenters. The lowest BCUT2D eigenvalue weighted by molar-refractivity contribution is -0.652. The molecule has 8 rings (SSSR count). The Hall–Kier alpha value is -4.47. The van der Waals surface area contributed by atoms with Crippen molar-refractivity contribution >= 4 is 48.1 Å². The number of rotatable bonds is 8. The Morgan fingerprint density at radius 2 is 1.40 bits per heavy atom. The van der Waals surface area contributed by atoms with Crippen LogP contribution in [-0.2, 0) is 13.0 Å². The van der Waals surface area contributed by atoms with Crippen molar-refractivity contribution in [3.8, 4) is 28.2 Å². The number of benzene rings is 5. The van der Waals surface area contributed by atoms with Gasteiger partial charge >= 0.3 is 0 Å². The summed E-state index contributed by atoms with van der Waals surface area (Å²) in [7, 11) is 0. The Morgan fingerprint density at radius 3 is 2.06 bits per heavy atom. The smallest absolute Gasteiger partial charge is 0.219 e. The maximum absolute atomic E-state index is 2.68. The summed E-state index contributed by atoms with van der Waals surface area (Å²) in [6, 6.07) is 37.4. The number of nitrogens with zero attached hydrogens (tertiary/aromatic N) is 2. The van der Waals surface area contributed by atoms with Gasteiger partial charge in [-0.25, -0.2) is 4.57 Å². The largest absolute Gasteiger partial charge is 0.296 e. The third-order valence-corrected chi connectivity index (χ3v) is 12.4. The van der Waals surface area contributed by atoms with Crippen molar-refractivity contribution in [1.82, 2.24) is 4.57 Å². The first-order valence-corrected chi connectivity index (χ1v) is 20.8. The van der Waals surface area contributed by atoms with Gasteiger partial charge in [-0.1, -0.05) is 117 Å². The van der Waals surface area contributed by atoms with Crippen molar-refractivity contribution < 1.29 is 4.57 Å². The Labute approximate surface area is 320 Å². The zero-order valence-electron chi connectivity index (χ0n) is 33.2. The minimum atomic E-state index is 0.234. The van der Waals surface area contributed by atoms with Gasteiger partial charge in [0.15, 0.2) is 11.0 Å². The molecule has 0 aliphatic carbocycles. The molecule has 0 amide bonds. The van der Waals surface area contributed by atoms with E-state index in [4.69, 9.17) is 0 Å². The SMILES string of the molecule is CCCC1=C(CC)c2cc3sc4ccc(CC(C)(C)C)cc4c3cc2-c2n(-c3c(C(C)C)cc(-c4ccccc4)cc3C(C)C)c3ccccc3[n+]2C1. The highest BCUT2D eigenvalue weighted by atomic mass is 32.1. The van der Waals surface area contributed by atoms with Gasteiger partial charge in [0.25, 0.3) is 5.82 Å². The molecule has 53 heavy (non-hydrogen) atoms. The molecule has 1 aliphatic rings. The molecule has 0 saturated heterocycles. The van der Waals surface area contributed by atoms with Crippen LogP contribution in [0.25, 0.3) is 65.0 Å². The number of fused-ring (bicyclic) bond motifs is 8. The fourth-order valence-electron chi connectivity index (χ4n) is 8.97. The van der Waals surface area contributed by atoms with Crippen LogP contribution in [0.15, 0.2) is 103 Å². The second-order valence-electron chi connectivity index (χ2n) is 17.2. The standard InChI is InChI=1S/C50H55N2S/c1-10-17-35-30-51-44-20-15-16-21-45(44)52(48-38(31(3)4)25-36(26-39(48)32(5)6)34-18-13-12-14-19-34)49(51)43-27-42-41-24-33(29-50(7,8)9)22-23-46(41)53-47(42)28-40(43)37(35)11-2/h12-16,18-28,31-32H,10-11,17,29-30H2,1-9H3/q+1. The maximum Gasteiger partial charge on any atom is 0.296 e. The molecule has 0 N–H and O–H groups in total. The van der Waals surface area contributed by atoms with Crippen molar-refractivity contribution in [2.45, 2.75) is 106 Å². The number of hydrogen-bond donors (Lipinski definition) is 0. The van der Waals surface area contributed by atoms with Crippen LogP contribution < -0.4 is 4.57 Å². The third kappa shape index (κ3) is 6.25. The third-order valence-electron chi connectivity index (χ3n) is 11.3. The van der Waals surface area contributed by atoms with Gasteiger partial charge in [-0.15, -0.1) is 11.3 Å².